The van der Waals surface area contributed by atoms with Crippen molar-refractivity contribution in [3.8, 4) is 0 Å². The van der Waals surface area contributed by atoms with Crippen molar-refractivity contribution in [3.63, 3.8) is 0 Å². The Labute approximate surface area is 69.4 Å². The molecule has 0 aromatic heterocycles. The molecule has 0 aliphatic carbocycles. The summed E-state index contributed by atoms with van der Waals surface area (Å²) >= 11 is 0. The highest BCUT2D eigenvalue weighted by Gasteiger charge is 2.29. The lowest BCUT2D eigenvalue weighted by atomic mass is 10.1. The van der Waals surface area contributed by atoms with Crippen molar-refractivity contribution in [2.24, 2.45) is 0 Å². The van der Waals surface area contributed by atoms with Crippen molar-refractivity contribution in [3.05, 3.63) is 12.2 Å². The van der Waals surface area contributed by atoms with Gasteiger partial charge in [0, 0.05) is 0 Å². The molecule has 0 spiro atoms. The van der Waals surface area contributed by atoms with Crippen molar-refractivity contribution in [2.45, 2.75) is 51.7 Å². The van der Waals surface area contributed by atoms with Crippen LogP contribution in [0.1, 0.15) is 40.0 Å². The van der Waals surface area contributed by atoms with Crippen LogP contribution in [0.4, 0.5) is 0 Å². The van der Waals surface area contributed by atoms with Gasteiger partial charge in [-0.2, -0.15) is 0 Å². The van der Waals surface area contributed by atoms with Crippen molar-refractivity contribution < 1.29 is 4.74 Å². The van der Waals surface area contributed by atoms with E-state index in [0.29, 0.717) is 6.10 Å². The third-order valence-corrected chi connectivity index (χ3v) is 2.09. The maximum absolute atomic E-state index is 5.76. The van der Waals surface area contributed by atoms with Crippen LogP contribution >= 0.6 is 0 Å². The van der Waals surface area contributed by atoms with Crippen molar-refractivity contribution in [2.75, 3.05) is 0 Å². The smallest absolute Gasteiger partial charge is 0.0764 e. The standard InChI is InChI=1S/C10H18O/c1-4-5-6-9-7-8-10(2,3)11-9/h5-6,9H,4,7-8H2,1-3H3. The van der Waals surface area contributed by atoms with E-state index < -0.39 is 0 Å². The molecule has 1 unspecified atom stereocenters. The Bertz CT molecular complexity index is 147. The minimum atomic E-state index is 0.114. The second-order valence-electron chi connectivity index (χ2n) is 3.79. The van der Waals surface area contributed by atoms with E-state index in [2.05, 4.69) is 32.9 Å². The van der Waals surface area contributed by atoms with E-state index in [1.807, 2.05) is 0 Å². The second-order valence-corrected chi connectivity index (χ2v) is 3.79. The zero-order valence-corrected chi connectivity index (χ0v) is 7.76. The van der Waals surface area contributed by atoms with Gasteiger partial charge in [-0.05, 0) is 33.1 Å². The van der Waals surface area contributed by atoms with Crippen LogP contribution < -0.4 is 0 Å². The fourth-order valence-corrected chi connectivity index (χ4v) is 1.44. The van der Waals surface area contributed by atoms with Crippen LogP contribution in [0.15, 0.2) is 12.2 Å². The molecule has 1 heteroatoms. The summed E-state index contributed by atoms with van der Waals surface area (Å²) in [5, 5.41) is 0. The molecule has 64 valence electrons. The maximum atomic E-state index is 5.76. The fraction of sp³-hybridized carbons (Fsp3) is 0.800. The zero-order valence-electron chi connectivity index (χ0n) is 7.76. The van der Waals surface area contributed by atoms with E-state index in [-0.39, 0.29) is 5.60 Å². The van der Waals surface area contributed by atoms with Gasteiger partial charge < -0.3 is 4.74 Å². The molecule has 0 amide bonds. The van der Waals surface area contributed by atoms with E-state index in [9.17, 15) is 0 Å². The molecular formula is C10H18O. The highest BCUT2D eigenvalue weighted by Crippen LogP contribution is 2.29. The molecule has 0 radical (unpaired) electrons. The molecule has 1 atom stereocenters. The van der Waals surface area contributed by atoms with Crippen molar-refractivity contribution in [1.29, 1.82) is 0 Å². The lowest BCUT2D eigenvalue weighted by molar-refractivity contribution is 0.00513. The summed E-state index contributed by atoms with van der Waals surface area (Å²) in [5.74, 6) is 0. The molecule has 1 aliphatic heterocycles. The minimum absolute atomic E-state index is 0.114. The van der Waals surface area contributed by atoms with Gasteiger partial charge in [-0.15, -0.1) is 0 Å². The molecule has 1 heterocycles. The Hall–Kier alpha value is -0.300. The predicted molar refractivity (Wildman–Crippen MR) is 47.6 cm³/mol. The zero-order chi connectivity index (χ0) is 8.32. The molecule has 11 heavy (non-hydrogen) atoms. The van der Waals surface area contributed by atoms with Gasteiger partial charge in [0.2, 0.25) is 0 Å². The van der Waals surface area contributed by atoms with Crippen molar-refractivity contribution >= 4 is 0 Å². The molecule has 1 rings (SSSR count). The van der Waals surface area contributed by atoms with E-state index in [4.69, 9.17) is 4.74 Å². The number of hydrogen-bond donors (Lipinski definition) is 0. The van der Waals surface area contributed by atoms with Gasteiger partial charge in [0.1, 0.15) is 0 Å². The van der Waals surface area contributed by atoms with E-state index in [0.717, 1.165) is 6.42 Å². The Morgan fingerprint density at radius 1 is 1.55 bits per heavy atom. The molecule has 1 aliphatic rings. The molecular weight excluding hydrogens is 136 g/mol. The van der Waals surface area contributed by atoms with Crippen LogP contribution in [-0.4, -0.2) is 11.7 Å². The van der Waals surface area contributed by atoms with Gasteiger partial charge in [-0.3, -0.25) is 0 Å². The average Bonchev–Trinajstić information content (AvgIpc) is 2.26. The third kappa shape index (κ3) is 2.66. The van der Waals surface area contributed by atoms with Gasteiger partial charge in [0.15, 0.2) is 0 Å². The summed E-state index contributed by atoms with van der Waals surface area (Å²) in [5.41, 5.74) is 0.114. The van der Waals surface area contributed by atoms with Crippen LogP contribution in [0.2, 0.25) is 0 Å². The van der Waals surface area contributed by atoms with Gasteiger partial charge in [0.05, 0.1) is 11.7 Å². The van der Waals surface area contributed by atoms with E-state index in [1.165, 1.54) is 12.8 Å². The quantitative estimate of drug-likeness (QED) is 0.556. The number of rotatable bonds is 2. The van der Waals surface area contributed by atoms with Crippen molar-refractivity contribution in [1.82, 2.24) is 0 Å². The summed E-state index contributed by atoms with van der Waals surface area (Å²) in [6.45, 7) is 6.47. The molecule has 0 aromatic carbocycles. The summed E-state index contributed by atoms with van der Waals surface area (Å²) in [7, 11) is 0. The molecule has 0 aromatic rings. The van der Waals surface area contributed by atoms with Crippen LogP contribution in [-0.2, 0) is 4.74 Å². The van der Waals surface area contributed by atoms with E-state index >= 15 is 0 Å². The normalized spacial score (nSPS) is 29.9. The third-order valence-electron chi connectivity index (χ3n) is 2.09. The number of ether oxygens (including phenoxy) is 1. The Morgan fingerprint density at radius 2 is 2.27 bits per heavy atom. The summed E-state index contributed by atoms with van der Waals surface area (Å²) in [4.78, 5) is 0. The molecule has 0 bridgehead atoms. The molecule has 0 saturated carbocycles. The lowest BCUT2D eigenvalue weighted by Crippen LogP contribution is -2.18. The number of hydrogen-bond acceptors (Lipinski definition) is 1. The van der Waals surface area contributed by atoms with Crippen LogP contribution in [0.5, 0.6) is 0 Å². The first-order chi connectivity index (χ1) is 5.14. The highest BCUT2D eigenvalue weighted by molar-refractivity contribution is 4.95. The minimum Gasteiger partial charge on any atom is -0.368 e. The molecule has 1 saturated heterocycles. The largest absolute Gasteiger partial charge is 0.368 e. The second kappa shape index (κ2) is 3.40. The van der Waals surface area contributed by atoms with Gasteiger partial charge in [-0.1, -0.05) is 19.1 Å². The maximum Gasteiger partial charge on any atom is 0.0764 e. The average molecular weight is 154 g/mol. The first kappa shape index (κ1) is 8.79. The Morgan fingerprint density at radius 3 is 2.73 bits per heavy atom. The van der Waals surface area contributed by atoms with Gasteiger partial charge in [-0.25, -0.2) is 0 Å². The van der Waals surface area contributed by atoms with Crippen LogP contribution in [0.3, 0.4) is 0 Å². The highest BCUT2D eigenvalue weighted by atomic mass is 16.5. The van der Waals surface area contributed by atoms with E-state index in [1.54, 1.807) is 0 Å². The monoisotopic (exact) mass is 154 g/mol. The van der Waals surface area contributed by atoms with Gasteiger partial charge in [0.25, 0.3) is 0 Å². The van der Waals surface area contributed by atoms with Gasteiger partial charge >= 0.3 is 0 Å². The SMILES string of the molecule is CCC=CC1CCC(C)(C)O1. The first-order valence-corrected chi connectivity index (χ1v) is 4.48. The Balaban J connectivity index is 2.36. The number of allylic oxidation sites excluding steroid dienone is 1. The summed E-state index contributed by atoms with van der Waals surface area (Å²) in [6.07, 6.45) is 8.24. The van der Waals surface area contributed by atoms with Crippen LogP contribution in [0.25, 0.3) is 0 Å². The lowest BCUT2D eigenvalue weighted by Gasteiger charge is -2.17. The van der Waals surface area contributed by atoms with Crippen LogP contribution in [0, 0.1) is 0 Å². The Kier molecular flexibility index (Phi) is 2.72. The predicted octanol–water partition coefficient (Wildman–Crippen LogP) is 2.91. The topological polar surface area (TPSA) is 9.23 Å². The molecule has 1 nitrogen and oxygen atoms in total. The first-order valence-electron chi connectivity index (χ1n) is 4.48. The molecule has 1 fully saturated rings. The summed E-state index contributed by atoms with van der Waals surface area (Å²) in [6, 6.07) is 0. The summed E-state index contributed by atoms with van der Waals surface area (Å²) < 4.78 is 5.76. The molecule has 0 N–H and O–H groups in total. The fourth-order valence-electron chi connectivity index (χ4n) is 1.44.